The van der Waals surface area contributed by atoms with Crippen LogP contribution in [0.15, 0.2) is 0 Å². The average molecular weight is 284 g/mol. The van der Waals surface area contributed by atoms with Crippen LogP contribution in [0.25, 0.3) is 0 Å². The number of hydrogen-bond donors (Lipinski definition) is 1. The molecule has 0 saturated heterocycles. The van der Waals surface area contributed by atoms with Crippen molar-refractivity contribution in [3.05, 3.63) is 15.6 Å². The zero-order valence-corrected chi connectivity index (χ0v) is 14.2. The molecule has 0 amide bonds. The van der Waals surface area contributed by atoms with Crippen molar-refractivity contribution in [1.29, 1.82) is 0 Å². The smallest absolute Gasteiger partial charge is 0.0985 e. The summed E-state index contributed by atoms with van der Waals surface area (Å²) in [5.74, 6) is 0. The van der Waals surface area contributed by atoms with E-state index in [4.69, 9.17) is 9.72 Å². The van der Waals surface area contributed by atoms with Crippen molar-refractivity contribution in [3.8, 4) is 0 Å². The van der Waals surface area contributed by atoms with Crippen LogP contribution in [0.3, 0.4) is 0 Å². The fourth-order valence-electron chi connectivity index (χ4n) is 1.75. The largest absolute Gasteiger partial charge is 0.383 e. The van der Waals surface area contributed by atoms with Crippen LogP contribution in [-0.2, 0) is 22.1 Å². The van der Waals surface area contributed by atoms with Gasteiger partial charge in [0.25, 0.3) is 0 Å². The Hall–Kier alpha value is -0.450. The van der Waals surface area contributed by atoms with Gasteiger partial charge < -0.3 is 10.1 Å². The molecule has 0 aliphatic carbocycles. The molecule has 110 valence electrons. The van der Waals surface area contributed by atoms with Crippen LogP contribution in [0.2, 0.25) is 0 Å². The third-order valence-corrected chi connectivity index (χ3v) is 4.30. The Kier molecular flexibility index (Phi) is 5.53. The lowest BCUT2D eigenvalue weighted by Crippen LogP contribution is -2.21. The lowest BCUT2D eigenvalue weighted by Gasteiger charge is -2.18. The molecule has 0 radical (unpaired) electrons. The van der Waals surface area contributed by atoms with E-state index in [9.17, 15) is 0 Å². The van der Waals surface area contributed by atoms with Crippen molar-refractivity contribution in [2.75, 3.05) is 20.3 Å². The zero-order valence-electron chi connectivity index (χ0n) is 13.4. The van der Waals surface area contributed by atoms with Crippen molar-refractivity contribution >= 4 is 11.3 Å². The molecule has 1 heterocycles. The molecule has 1 N–H and O–H groups in total. The molecule has 0 fully saturated rings. The second kappa shape index (κ2) is 6.33. The first kappa shape index (κ1) is 16.6. The van der Waals surface area contributed by atoms with Gasteiger partial charge in [-0.2, -0.15) is 0 Å². The van der Waals surface area contributed by atoms with E-state index in [1.165, 1.54) is 15.6 Å². The van der Waals surface area contributed by atoms with E-state index in [-0.39, 0.29) is 10.8 Å². The number of rotatable bonds is 5. The number of methoxy groups -OCH3 is 1. The minimum absolute atomic E-state index is 0.0955. The second-order valence-electron chi connectivity index (χ2n) is 6.96. The highest BCUT2D eigenvalue weighted by atomic mass is 32.1. The van der Waals surface area contributed by atoms with Crippen LogP contribution in [0.1, 0.15) is 57.1 Å². The predicted octanol–water partition coefficient (Wildman–Crippen LogP) is 3.47. The second-order valence-corrected chi connectivity index (χ2v) is 8.04. The molecular weight excluding hydrogens is 256 g/mol. The van der Waals surface area contributed by atoms with E-state index in [1.54, 1.807) is 7.11 Å². The van der Waals surface area contributed by atoms with Gasteiger partial charge in [0, 0.05) is 35.9 Å². The van der Waals surface area contributed by atoms with E-state index in [2.05, 4.69) is 46.9 Å². The van der Waals surface area contributed by atoms with E-state index in [0.29, 0.717) is 0 Å². The highest BCUT2D eigenvalue weighted by Crippen LogP contribution is 2.34. The molecule has 1 rings (SSSR count). The highest BCUT2D eigenvalue weighted by Gasteiger charge is 2.27. The van der Waals surface area contributed by atoms with Gasteiger partial charge in [0.15, 0.2) is 0 Å². The number of thiazole rings is 1. The Morgan fingerprint density at radius 1 is 1.11 bits per heavy atom. The summed E-state index contributed by atoms with van der Waals surface area (Å²) in [5, 5.41) is 4.65. The zero-order chi connectivity index (χ0) is 14.7. The van der Waals surface area contributed by atoms with E-state index in [0.717, 1.165) is 19.7 Å². The van der Waals surface area contributed by atoms with Crippen LogP contribution >= 0.6 is 11.3 Å². The lowest BCUT2D eigenvalue weighted by atomic mass is 9.91. The third kappa shape index (κ3) is 4.86. The SMILES string of the molecule is COCCNCc1sc(C(C)(C)C)nc1C(C)(C)C. The van der Waals surface area contributed by atoms with E-state index in [1.807, 2.05) is 11.3 Å². The number of hydrogen-bond acceptors (Lipinski definition) is 4. The molecule has 0 aliphatic heterocycles. The first-order valence-electron chi connectivity index (χ1n) is 6.86. The number of nitrogens with zero attached hydrogens (tertiary/aromatic N) is 1. The summed E-state index contributed by atoms with van der Waals surface area (Å²) in [6.45, 7) is 15.9. The van der Waals surface area contributed by atoms with E-state index < -0.39 is 0 Å². The van der Waals surface area contributed by atoms with Gasteiger partial charge in [-0.3, -0.25) is 0 Å². The molecule has 0 aliphatic rings. The van der Waals surface area contributed by atoms with Crippen molar-refractivity contribution in [1.82, 2.24) is 10.3 Å². The summed E-state index contributed by atoms with van der Waals surface area (Å²) in [4.78, 5) is 6.25. The number of aromatic nitrogens is 1. The molecular formula is C15H28N2OS. The normalized spacial score (nSPS) is 13.0. The molecule has 0 unspecified atom stereocenters. The Bertz CT molecular complexity index is 399. The summed E-state index contributed by atoms with van der Waals surface area (Å²) < 4.78 is 5.06. The van der Waals surface area contributed by atoms with Crippen LogP contribution in [-0.4, -0.2) is 25.2 Å². The molecule has 4 heteroatoms. The quantitative estimate of drug-likeness (QED) is 0.841. The van der Waals surface area contributed by atoms with Crippen molar-refractivity contribution in [2.45, 2.75) is 58.9 Å². The Morgan fingerprint density at radius 2 is 1.74 bits per heavy atom. The molecule has 3 nitrogen and oxygen atoms in total. The fraction of sp³-hybridized carbons (Fsp3) is 0.800. The Labute approximate surface area is 121 Å². The molecule has 19 heavy (non-hydrogen) atoms. The van der Waals surface area contributed by atoms with Gasteiger partial charge >= 0.3 is 0 Å². The van der Waals surface area contributed by atoms with Gasteiger partial charge in [-0.15, -0.1) is 11.3 Å². The maximum atomic E-state index is 5.06. The summed E-state index contributed by atoms with van der Waals surface area (Å²) in [6, 6.07) is 0. The maximum Gasteiger partial charge on any atom is 0.0985 e. The minimum atomic E-state index is 0.0955. The van der Waals surface area contributed by atoms with Gasteiger partial charge in [-0.05, 0) is 0 Å². The van der Waals surface area contributed by atoms with Gasteiger partial charge in [-0.25, -0.2) is 4.98 Å². The van der Waals surface area contributed by atoms with Crippen LogP contribution < -0.4 is 5.32 Å². The monoisotopic (exact) mass is 284 g/mol. The number of ether oxygens (including phenoxy) is 1. The topological polar surface area (TPSA) is 34.1 Å². The van der Waals surface area contributed by atoms with Gasteiger partial charge in [-0.1, -0.05) is 41.5 Å². The summed E-state index contributed by atoms with van der Waals surface area (Å²) in [6.07, 6.45) is 0. The summed E-state index contributed by atoms with van der Waals surface area (Å²) in [5.41, 5.74) is 1.45. The lowest BCUT2D eigenvalue weighted by molar-refractivity contribution is 0.199. The van der Waals surface area contributed by atoms with Crippen molar-refractivity contribution < 1.29 is 4.74 Å². The molecule has 0 bridgehead atoms. The molecule has 1 aromatic rings. The van der Waals surface area contributed by atoms with Crippen molar-refractivity contribution in [2.24, 2.45) is 0 Å². The standard InChI is InChI=1S/C15H28N2OS/c1-14(2,3)12-11(10-16-8-9-18-7)19-13(17-12)15(4,5)6/h16H,8-10H2,1-7H3. The first-order chi connectivity index (χ1) is 8.66. The molecule has 0 saturated carbocycles. The fourth-order valence-corrected chi connectivity index (χ4v) is 3.05. The summed E-state index contributed by atoms with van der Waals surface area (Å²) >= 11 is 1.84. The first-order valence-corrected chi connectivity index (χ1v) is 7.68. The maximum absolute atomic E-state index is 5.06. The highest BCUT2D eigenvalue weighted by molar-refractivity contribution is 7.11. The molecule has 0 atom stereocenters. The third-order valence-electron chi connectivity index (χ3n) is 2.82. The Morgan fingerprint density at radius 3 is 2.21 bits per heavy atom. The minimum Gasteiger partial charge on any atom is -0.383 e. The molecule has 0 aromatic carbocycles. The average Bonchev–Trinajstić information content (AvgIpc) is 2.67. The van der Waals surface area contributed by atoms with Gasteiger partial charge in [0.2, 0.25) is 0 Å². The van der Waals surface area contributed by atoms with Crippen LogP contribution in [0.4, 0.5) is 0 Å². The molecule has 0 spiro atoms. The van der Waals surface area contributed by atoms with Crippen molar-refractivity contribution in [3.63, 3.8) is 0 Å². The van der Waals surface area contributed by atoms with E-state index >= 15 is 0 Å². The predicted molar refractivity (Wildman–Crippen MR) is 83.1 cm³/mol. The van der Waals surface area contributed by atoms with Gasteiger partial charge in [0.1, 0.15) is 0 Å². The number of nitrogens with one attached hydrogen (secondary N) is 1. The van der Waals surface area contributed by atoms with Crippen LogP contribution in [0.5, 0.6) is 0 Å². The Balaban J connectivity index is 2.91. The summed E-state index contributed by atoms with van der Waals surface area (Å²) in [7, 11) is 1.73. The van der Waals surface area contributed by atoms with Crippen LogP contribution in [0, 0.1) is 0 Å². The van der Waals surface area contributed by atoms with Gasteiger partial charge in [0.05, 0.1) is 17.3 Å². The molecule has 1 aromatic heterocycles.